The lowest BCUT2D eigenvalue weighted by atomic mass is 10.3. The van der Waals surface area contributed by atoms with Gasteiger partial charge in [-0.25, -0.2) is 0 Å². The van der Waals surface area contributed by atoms with E-state index in [0.717, 1.165) is 10.6 Å². The minimum absolute atomic E-state index is 0.350. The Morgan fingerprint density at radius 3 is 3.17 bits per heavy atom. The summed E-state index contributed by atoms with van der Waals surface area (Å²) in [6.07, 6.45) is 2.39. The number of hydrogen-bond donors (Lipinski definition) is 1. The van der Waals surface area contributed by atoms with Crippen LogP contribution in [-0.4, -0.2) is 16.8 Å². The lowest BCUT2D eigenvalue weighted by Gasteiger charge is -2.04. The van der Waals surface area contributed by atoms with E-state index in [0.29, 0.717) is 6.42 Å². The number of rotatable bonds is 0. The van der Waals surface area contributed by atoms with Gasteiger partial charge in [-0.3, -0.25) is 4.99 Å². The van der Waals surface area contributed by atoms with Crippen molar-refractivity contribution in [2.24, 2.45) is 4.99 Å². The maximum atomic E-state index is 9.41. The number of aliphatic imine (C=N–C) groups is 1. The molecule has 1 aromatic carbocycles. The lowest BCUT2D eigenvalue weighted by Crippen LogP contribution is -1.98. The van der Waals surface area contributed by atoms with Crippen molar-refractivity contribution in [1.82, 2.24) is 0 Å². The summed E-state index contributed by atoms with van der Waals surface area (Å²) in [5.74, 6) is 0. The fourth-order valence-corrected chi connectivity index (χ4v) is 1.97. The standard InChI is InChI=1S/C9H9NOS/c11-9-5-6-10-7-3-1-2-4-8(7)12-9/h1-4,6,9,11H,5H2. The van der Waals surface area contributed by atoms with E-state index < -0.39 is 0 Å². The largest absolute Gasteiger partial charge is 0.382 e. The molecular weight excluding hydrogens is 170 g/mol. The molecule has 1 aliphatic heterocycles. The topological polar surface area (TPSA) is 32.6 Å². The second-order valence-corrected chi connectivity index (χ2v) is 3.81. The van der Waals surface area contributed by atoms with Gasteiger partial charge in [-0.15, -0.1) is 0 Å². The molecule has 0 amide bonds. The van der Waals surface area contributed by atoms with Crippen LogP contribution < -0.4 is 0 Å². The Kier molecular flexibility index (Phi) is 2.15. The van der Waals surface area contributed by atoms with Crippen molar-refractivity contribution in [1.29, 1.82) is 0 Å². The van der Waals surface area contributed by atoms with E-state index in [9.17, 15) is 5.11 Å². The number of para-hydroxylation sites is 1. The Morgan fingerprint density at radius 1 is 1.42 bits per heavy atom. The van der Waals surface area contributed by atoms with E-state index in [1.165, 1.54) is 11.8 Å². The average molecular weight is 179 g/mol. The highest BCUT2D eigenvalue weighted by Crippen LogP contribution is 2.34. The molecule has 1 N–H and O–H groups in total. The normalized spacial score (nSPS) is 21.6. The third-order valence-corrected chi connectivity index (χ3v) is 2.73. The van der Waals surface area contributed by atoms with Crippen LogP contribution in [0.2, 0.25) is 0 Å². The van der Waals surface area contributed by atoms with Crippen LogP contribution in [0, 0.1) is 0 Å². The van der Waals surface area contributed by atoms with E-state index in [1.807, 2.05) is 24.3 Å². The number of fused-ring (bicyclic) bond motifs is 1. The van der Waals surface area contributed by atoms with Crippen LogP contribution in [0.5, 0.6) is 0 Å². The second-order valence-electron chi connectivity index (χ2n) is 2.59. The predicted octanol–water partition coefficient (Wildman–Crippen LogP) is 2.20. The van der Waals surface area contributed by atoms with Gasteiger partial charge in [0.25, 0.3) is 0 Å². The highest BCUT2D eigenvalue weighted by atomic mass is 32.2. The average Bonchev–Trinajstić information content (AvgIpc) is 2.25. The van der Waals surface area contributed by atoms with Gasteiger partial charge in [0, 0.05) is 17.5 Å². The quantitative estimate of drug-likeness (QED) is 0.662. The molecule has 0 aromatic heterocycles. The number of benzene rings is 1. The highest BCUT2D eigenvalue weighted by molar-refractivity contribution is 8.00. The van der Waals surface area contributed by atoms with Crippen molar-refractivity contribution in [2.75, 3.05) is 0 Å². The molecule has 1 heterocycles. The van der Waals surface area contributed by atoms with Gasteiger partial charge in [0.2, 0.25) is 0 Å². The molecule has 0 radical (unpaired) electrons. The van der Waals surface area contributed by atoms with Gasteiger partial charge in [0.05, 0.1) is 5.69 Å². The number of thioether (sulfide) groups is 1. The van der Waals surface area contributed by atoms with Gasteiger partial charge in [-0.2, -0.15) is 0 Å². The molecule has 3 heteroatoms. The van der Waals surface area contributed by atoms with E-state index >= 15 is 0 Å². The summed E-state index contributed by atoms with van der Waals surface area (Å²) in [4.78, 5) is 5.29. The number of aliphatic hydroxyl groups is 1. The molecule has 1 aliphatic rings. The fraction of sp³-hybridized carbons (Fsp3) is 0.222. The zero-order valence-electron chi connectivity index (χ0n) is 6.47. The molecule has 12 heavy (non-hydrogen) atoms. The van der Waals surface area contributed by atoms with Gasteiger partial charge in [-0.1, -0.05) is 23.9 Å². The summed E-state index contributed by atoms with van der Waals surface area (Å²) >= 11 is 1.46. The minimum atomic E-state index is -0.350. The first-order valence-electron chi connectivity index (χ1n) is 3.82. The Labute approximate surface area is 75.3 Å². The van der Waals surface area contributed by atoms with Crippen LogP contribution >= 0.6 is 11.8 Å². The first kappa shape index (κ1) is 7.83. The molecular formula is C9H9NOS. The summed E-state index contributed by atoms with van der Waals surface area (Å²) in [5.41, 5.74) is 0.608. The number of aliphatic hydroxyl groups excluding tert-OH is 1. The molecule has 62 valence electrons. The van der Waals surface area contributed by atoms with Crippen molar-refractivity contribution in [3.63, 3.8) is 0 Å². The van der Waals surface area contributed by atoms with Crippen LogP contribution in [0.15, 0.2) is 34.2 Å². The Balaban J connectivity index is 2.41. The molecule has 2 rings (SSSR count). The molecule has 0 bridgehead atoms. The monoisotopic (exact) mass is 179 g/mol. The Morgan fingerprint density at radius 2 is 2.25 bits per heavy atom. The predicted molar refractivity (Wildman–Crippen MR) is 51.1 cm³/mol. The van der Waals surface area contributed by atoms with Gasteiger partial charge in [0.15, 0.2) is 0 Å². The number of nitrogens with zero attached hydrogens (tertiary/aromatic N) is 1. The van der Waals surface area contributed by atoms with E-state index in [-0.39, 0.29) is 5.44 Å². The third-order valence-electron chi connectivity index (χ3n) is 1.67. The van der Waals surface area contributed by atoms with E-state index in [2.05, 4.69) is 4.99 Å². The van der Waals surface area contributed by atoms with Gasteiger partial charge < -0.3 is 5.11 Å². The first-order chi connectivity index (χ1) is 5.86. The summed E-state index contributed by atoms with van der Waals surface area (Å²) in [6, 6.07) is 7.84. The number of hydrogen-bond acceptors (Lipinski definition) is 3. The van der Waals surface area contributed by atoms with Crippen molar-refractivity contribution >= 4 is 23.7 Å². The Hall–Kier alpha value is -0.800. The van der Waals surface area contributed by atoms with Crippen LogP contribution in [0.1, 0.15) is 6.42 Å². The van der Waals surface area contributed by atoms with Crippen LogP contribution in [0.3, 0.4) is 0 Å². The van der Waals surface area contributed by atoms with Crippen LogP contribution in [0.4, 0.5) is 5.69 Å². The SMILES string of the molecule is OC1CC=Nc2ccccc2S1. The fourth-order valence-electron chi connectivity index (χ4n) is 1.10. The molecule has 1 atom stereocenters. The van der Waals surface area contributed by atoms with Gasteiger partial charge in [-0.05, 0) is 12.1 Å². The summed E-state index contributed by atoms with van der Waals surface area (Å²) in [6.45, 7) is 0. The van der Waals surface area contributed by atoms with E-state index in [1.54, 1.807) is 6.21 Å². The highest BCUT2D eigenvalue weighted by Gasteiger charge is 2.10. The molecule has 0 fully saturated rings. The maximum Gasteiger partial charge on any atom is 0.109 e. The van der Waals surface area contributed by atoms with E-state index in [4.69, 9.17) is 0 Å². The molecule has 0 aliphatic carbocycles. The molecule has 0 saturated heterocycles. The smallest absolute Gasteiger partial charge is 0.109 e. The zero-order chi connectivity index (χ0) is 8.39. The summed E-state index contributed by atoms with van der Waals surface area (Å²) < 4.78 is 0. The summed E-state index contributed by atoms with van der Waals surface area (Å²) in [7, 11) is 0. The second kappa shape index (κ2) is 3.29. The van der Waals surface area contributed by atoms with Crippen molar-refractivity contribution in [3.8, 4) is 0 Å². The van der Waals surface area contributed by atoms with Crippen molar-refractivity contribution in [3.05, 3.63) is 24.3 Å². The zero-order valence-corrected chi connectivity index (χ0v) is 7.29. The molecule has 1 aromatic rings. The maximum absolute atomic E-state index is 9.41. The first-order valence-corrected chi connectivity index (χ1v) is 4.70. The minimum Gasteiger partial charge on any atom is -0.382 e. The van der Waals surface area contributed by atoms with Crippen LogP contribution in [-0.2, 0) is 0 Å². The van der Waals surface area contributed by atoms with Crippen molar-refractivity contribution in [2.45, 2.75) is 16.8 Å². The van der Waals surface area contributed by atoms with Gasteiger partial charge >= 0.3 is 0 Å². The molecule has 1 unspecified atom stereocenters. The lowest BCUT2D eigenvalue weighted by molar-refractivity contribution is 0.273. The van der Waals surface area contributed by atoms with Gasteiger partial charge in [0.1, 0.15) is 5.44 Å². The van der Waals surface area contributed by atoms with Crippen LogP contribution in [0.25, 0.3) is 0 Å². The molecule has 0 saturated carbocycles. The summed E-state index contributed by atoms with van der Waals surface area (Å²) in [5, 5.41) is 9.41. The van der Waals surface area contributed by atoms with Crippen molar-refractivity contribution < 1.29 is 5.11 Å². The third kappa shape index (κ3) is 1.52. The molecule has 0 spiro atoms. The Bertz CT molecular complexity index is 311. The molecule has 2 nitrogen and oxygen atoms in total.